The van der Waals surface area contributed by atoms with E-state index in [0.29, 0.717) is 10.7 Å². The maximum absolute atomic E-state index is 12.1. The topological polar surface area (TPSA) is 48.6 Å². The lowest BCUT2D eigenvalue weighted by Crippen LogP contribution is -1.97. The van der Waals surface area contributed by atoms with Crippen molar-refractivity contribution in [2.24, 2.45) is 4.40 Å². The van der Waals surface area contributed by atoms with Crippen LogP contribution < -0.4 is 0 Å². The Morgan fingerprint density at radius 2 is 1.68 bits per heavy atom. The summed E-state index contributed by atoms with van der Waals surface area (Å²) < 4.78 is 21.8. The van der Waals surface area contributed by atoms with Crippen molar-refractivity contribution in [2.45, 2.75) is 11.8 Å². The third kappa shape index (κ3) is 3.47. The fourth-order valence-electron chi connectivity index (χ4n) is 2.00. The van der Waals surface area contributed by atoms with Crippen molar-refractivity contribution in [3.63, 3.8) is 0 Å². The number of hydrogen-bond acceptors (Lipinski definition) is 3. The lowest BCUT2D eigenvalue weighted by Gasteiger charge is -2.01. The molecule has 0 saturated carbocycles. The van der Waals surface area contributed by atoms with Gasteiger partial charge in [-0.3, -0.25) is 0 Å². The first-order chi connectivity index (χ1) is 10.7. The third-order valence-corrected chi connectivity index (χ3v) is 4.16. The molecule has 0 aliphatic rings. The number of hydrogen-bond donors (Lipinski definition) is 0. The van der Waals surface area contributed by atoms with E-state index in [4.69, 9.17) is 4.42 Å². The summed E-state index contributed by atoms with van der Waals surface area (Å²) in [6.07, 6.45) is 1.50. The molecule has 0 radical (unpaired) electrons. The number of furan rings is 1. The second-order valence-electron chi connectivity index (χ2n) is 4.86. The predicted octanol–water partition coefficient (Wildman–Crippen LogP) is 4.40. The minimum absolute atomic E-state index is 0.583. The van der Waals surface area contributed by atoms with E-state index in [1.807, 2.05) is 73.7 Å². The summed E-state index contributed by atoms with van der Waals surface area (Å²) in [4.78, 5) is 0.677. The molecule has 110 valence electrons. The minimum atomic E-state index is -1.42. The first-order valence-electron chi connectivity index (χ1n) is 6.90. The van der Waals surface area contributed by atoms with E-state index in [1.165, 1.54) is 6.21 Å². The maximum Gasteiger partial charge on any atom is 0.182 e. The summed E-state index contributed by atoms with van der Waals surface area (Å²) in [6.45, 7) is 1.99. The highest BCUT2D eigenvalue weighted by Crippen LogP contribution is 2.21. The van der Waals surface area contributed by atoms with Gasteiger partial charge in [0, 0.05) is 5.56 Å². The molecule has 22 heavy (non-hydrogen) atoms. The van der Waals surface area contributed by atoms with Crippen molar-refractivity contribution < 1.29 is 8.97 Å². The van der Waals surface area contributed by atoms with Crippen LogP contribution in [0.15, 0.2) is 80.4 Å². The van der Waals surface area contributed by atoms with Gasteiger partial charge in [-0.2, -0.15) is 0 Å². The monoisotopic (exact) mass is 309 g/mol. The number of rotatable bonds is 4. The molecule has 0 amide bonds. The van der Waals surface area contributed by atoms with Crippen LogP contribution in [-0.2, 0) is 11.4 Å². The molecule has 1 aromatic heterocycles. The van der Waals surface area contributed by atoms with Crippen LogP contribution in [0.1, 0.15) is 11.3 Å². The van der Waals surface area contributed by atoms with Crippen LogP contribution in [0.3, 0.4) is 0 Å². The van der Waals surface area contributed by atoms with Crippen LogP contribution in [0.2, 0.25) is 0 Å². The molecule has 1 heterocycles. The van der Waals surface area contributed by atoms with E-state index in [0.717, 1.165) is 16.9 Å². The molecule has 0 saturated heterocycles. The molecule has 0 spiro atoms. The Morgan fingerprint density at radius 3 is 2.41 bits per heavy atom. The normalized spacial score (nSPS) is 12.6. The zero-order chi connectivity index (χ0) is 15.4. The van der Waals surface area contributed by atoms with Gasteiger partial charge in [0.25, 0.3) is 0 Å². The standard InChI is InChI=1S/C18H15NO2S/c1-14-7-10-17(11-8-14)22(20)19-13-16-9-12-18(21-16)15-5-3-2-4-6-15/h2-13H,1H3/b19-13+/t22-/m1/s1. The summed E-state index contributed by atoms with van der Waals surface area (Å²) >= 11 is -1.42. The second-order valence-corrected chi connectivity index (χ2v) is 6.05. The summed E-state index contributed by atoms with van der Waals surface area (Å²) in [5, 5.41) is 0. The summed E-state index contributed by atoms with van der Waals surface area (Å²) in [6, 6.07) is 21.0. The van der Waals surface area contributed by atoms with Crippen molar-refractivity contribution >= 4 is 17.6 Å². The van der Waals surface area contributed by atoms with Gasteiger partial charge in [0.2, 0.25) is 0 Å². The second kappa shape index (κ2) is 6.64. The van der Waals surface area contributed by atoms with Crippen LogP contribution in [0.5, 0.6) is 0 Å². The Balaban J connectivity index is 1.73. The Bertz CT molecular complexity index is 763. The van der Waals surface area contributed by atoms with Gasteiger partial charge in [-0.15, -0.1) is 0 Å². The van der Waals surface area contributed by atoms with E-state index in [-0.39, 0.29) is 0 Å². The SMILES string of the molecule is Cc1ccc([S@@+]([O-])/N=C/c2ccc(-c3ccccc3)o2)cc1. The van der Waals surface area contributed by atoms with Crippen LogP contribution in [0.25, 0.3) is 11.3 Å². The number of benzene rings is 2. The molecule has 1 atom stereocenters. The molecule has 3 nitrogen and oxygen atoms in total. The highest BCUT2D eigenvalue weighted by molar-refractivity contribution is 7.90. The van der Waals surface area contributed by atoms with Crippen molar-refractivity contribution in [3.05, 3.63) is 78.1 Å². The van der Waals surface area contributed by atoms with E-state index >= 15 is 0 Å². The van der Waals surface area contributed by atoms with Gasteiger partial charge in [-0.05, 0) is 31.2 Å². The Labute approximate surface area is 132 Å². The van der Waals surface area contributed by atoms with Gasteiger partial charge in [-0.1, -0.05) is 52.4 Å². The van der Waals surface area contributed by atoms with Crippen molar-refractivity contribution in [2.75, 3.05) is 0 Å². The first-order valence-corrected chi connectivity index (χ1v) is 8.01. The minimum Gasteiger partial charge on any atom is -0.586 e. The predicted molar refractivity (Wildman–Crippen MR) is 89.3 cm³/mol. The van der Waals surface area contributed by atoms with Crippen molar-refractivity contribution in [3.8, 4) is 11.3 Å². The zero-order valence-corrected chi connectivity index (χ0v) is 12.9. The van der Waals surface area contributed by atoms with Crippen LogP contribution in [0, 0.1) is 6.92 Å². The molecule has 0 unspecified atom stereocenters. The molecule has 3 aromatic rings. The molecule has 2 aromatic carbocycles. The number of aryl methyl sites for hydroxylation is 1. The van der Waals surface area contributed by atoms with E-state index < -0.39 is 11.4 Å². The average Bonchev–Trinajstić information content (AvgIpc) is 3.03. The summed E-state index contributed by atoms with van der Waals surface area (Å²) in [5.74, 6) is 1.35. The largest absolute Gasteiger partial charge is 0.586 e. The lowest BCUT2D eigenvalue weighted by atomic mass is 10.2. The van der Waals surface area contributed by atoms with E-state index in [9.17, 15) is 4.55 Å². The first kappa shape index (κ1) is 14.6. The molecule has 0 bridgehead atoms. The fourth-order valence-corrected chi connectivity index (χ4v) is 2.69. The van der Waals surface area contributed by atoms with Gasteiger partial charge in [0.1, 0.15) is 29.1 Å². The Morgan fingerprint density at radius 1 is 0.955 bits per heavy atom. The lowest BCUT2D eigenvalue weighted by molar-refractivity contribution is 0.574. The molecular formula is C18H15NO2S. The van der Waals surface area contributed by atoms with E-state index in [1.54, 1.807) is 0 Å². The van der Waals surface area contributed by atoms with Crippen LogP contribution >= 0.6 is 0 Å². The average molecular weight is 309 g/mol. The van der Waals surface area contributed by atoms with Crippen LogP contribution in [0.4, 0.5) is 0 Å². The fraction of sp³-hybridized carbons (Fsp3) is 0.0556. The molecule has 4 heteroatoms. The Kier molecular flexibility index (Phi) is 4.42. The molecule has 0 aliphatic carbocycles. The highest BCUT2D eigenvalue weighted by atomic mass is 32.2. The Hall–Kier alpha value is -2.30. The number of nitrogens with zero attached hydrogens (tertiary/aromatic N) is 1. The molecule has 0 aliphatic heterocycles. The van der Waals surface area contributed by atoms with Gasteiger partial charge in [0.05, 0.1) is 0 Å². The molecule has 0 fully saturated rings. The third-order valence-electron chi connectivity index (χ3n) is 3.18. The van der Waals surface area contributed by atoms with Crippen molar-refractivity contribution in [1.29, 1.82) is 0 Å². The highest BCUT2D eigenvalue weighted by Gasteiger charge is 2.09. The zero-order valence-electron chi connectivity index (χ0n) is 12.1. The van der Waals surface area contributed by atoms with Gasteiger partial charge in [0.15, 0.2) is 4.90 Å². The van der Waals surface area contributed by atoms with E-state index in [2.05, 4.69) is 4.40 Å². The molecule has 0 N–H and O–H groups in total. The molecular weight excluding hydrogens is 294 g/mol. The van der Waals surface area contributed by atoms with Gasteiger partial charge < -0.3 is 8.97 Å². The van der Waals surface area contributed by atoms with Gasteiger partial charge in [-0.25, -0.2) is 0 Å². The molecule has 3 rings (SSSR count). The summed E-state index contributed by atoms with van der Waals surface area (Å²) in [7, 11) is 0. The van der Waals surface area contributed by atoms with Crippen molar-refractivity contribution in [1.82, 2.24) is 0 Å². The quantitative estimate of drug-likeness (QED) is 0.530. The maximum atomic E-state index is 12.1. The summed E-state index contributed by atoms with van der Waals surface area (Å²) in [5.41, 5.74) is 2.13. The van der Waals surface area contributed by atoms with Crippen LogP contribution in [-0.4, -0.2) is 10.8 Å². The van der Waals surface area contributed by atoms with Gasteiger partial charge >= 0.3 is 0 Å². The smallest absolute Gasteiger partial charge is 0.182 e.